The summed E-state index contributed by atoms with van der Waals surface area (Å²) in [5.74, 6) is -0.0848. The Morgan fingerprint density at radius 1 is 1.59 bits per heavy atom. The molecule has 2 aliphatic heterocycles. The van der Waals surface area contributed by atoms with Crippen LogP contribution in [-0.2, 0) is 14.8 Å². The number of halogens is 1. The van der Waals surface area contributed by atoms with Crippen LogP contribution in [-0.4, -0.2) is 54.8 Å². The quantitative estimate of drug-likeness (QED) is 0.899. The lowest BCUT2D eigenvalue weighted by Gasteiger charge is -2.23. The number of sulfonamides is 1. The molecule has 1 aromatic heterocycles. The lowest BCUT2D eigenvalue weighted by molar-refractivity contribution is 0.0173. The average Bonchev–Trinajstić information content (AvgIpc) is 3.10. The minimum atomic E-state index is -3.18. The molecule has 3 rings (SSSR count). The molecule has 1 aromatic rings. The van der Waals surface area contributed by atoms with Crippen molar-refractivity contribution in [1.82, 2.24) is 9.29 Å². The van der Waals surface area contributed by atoms with Crippen molar-refractivity contribution in [2.24, 2.45) is 0 Å². The van der Waals surface area contributed by atoms with Crippen LogP contribution in [0.1, 0.15) is 19.8 Å². The Kier molecular flexibility index (Phi) is 4.09. The van der Waals surface area contributed by atoms with Crippen LogP contribution in [0.25, 0.3) is 0 Å². The van der Waals surface area contributed by atoms with Crippen LogP contribution in [0.2, 0.25) is 0 Å². The van der Waals surface area contributed by atoms with Gasteiger partial charge in [0.15, 0.2) is 11.6 Å². The summed E-state index contributed by atoms with van der Waals surface area (Å²) in [6.07, 6.45) is 2.86. The Morgan fingerprint density at radius 3 is 3.14 bits per heavy atom. The molecule has 0 amide bonds. The van der Waals surface area contributed by atoms with E-state index in [4.69, 9.17) is 4.74 Å². The van der Waals surface area contributed by atoms with Gasteiger partial charge in [-0.15, -0.1) is 0 Å². The van der Waals surface area contributed by atoms with Crippen molar-refractivity contribution in [1.29, 1.82) is 0 Å². The number of nitrogens with one attached hydrogen (secondary N) is 1. The third-order valence-electron chi connectivity index (χ3n) is 4.35. The molecule has 1 N–H and O–H groups in total. The standard InChI is InChI=1S/C14H20FN3O3S/c1-2-22(19,20)18-7-5-14(10-18)8-11(9-21-14)17-13-12(15)4-3-6-16-13/h3-4,6,11H,2,5,7-10H2,1H3,(H,16,17)/t11-,14-/m0/s1. The van der Waals surface area contributed by atoms with Crippen molar-refractivity contribution in [2.75, 3.05) is 30.8 Å². The van der Waals surface area contributed by atoms with Crippen molar-refractivity contribution >= 4 is 15.8 Å². The normalized spacial score (nSPS) is 29.3. The molecule has 2 aliphatic rings. The molecule has 0 radical (unpaired) electrons. The van der Waals surface area contributed by atoms with Gasteiger partial charge in [-0.2, -0.15) is 4.31 Å². The van der Waals surface area contributed by atoms with E-state index in [0.717, 1.165) is 0 Å². The fourth-order valence-corrected chi connectivity index (χ4v) is 4.30. The Balaban J connectivity index is 1.65. The van der Waals surface area contributed by atoms with E-state index in [2.05, 4.69) is 10.3 Å². The number of pyridine rings is 1. The molecule has 0 unspecified atom stereocenters. The monoisotopic (exact) mass is 329 g/mol. The van der Waals surface area contributed by atoms with E-state index in [-0.39, 0.29) is 17.6 Å². The predicted molar refractivity (Wildman–Crippen MR) is 80.6 cm³/mol. The first kappa shape index (κ1) is 15.6. The van der Waals surface area contributed by atoms with Crippen LogP contribution in [0.3, 0.4) is 0 Å². The van der Waals surface area contributed by atoms with E-state index in [1.54, 1.807) is 6.92 Å². The summed E-state index contributed by atoms with van der Waals surface area (Å²) in [5.41, 5.74) is -0.453. The van der Waals surface area contributed by atoms with E-state index < -0.39 is 21.4 Å². The largest absolute Gasteiger partial charge is 0.371 e. The van der Waals surface area contributed by atoms with Gasteiger partial charge < -0.3 is 10.1 Å². The van der Waals surface area contributed by atoms with Gasteiger partial charge in [-0.05, 0) is 25.5 Å². The minimum Gasteiger partial charge on any atom is -0.371 e. The Bertz CT molecular complexity index is 654. The molecule has 0 aliphatic carbocycles. The maximum atomic E-state index is 13.6. The molecular formula is C14H20FN3O3S. The van der Waals surface area contributed by atoms with Gasteiger partial charge in [0, 0.05) is 25.7 Å². The van der Waals surface area contributed by atoms with Gasteiger partial charge in [-0.25, -0.2) is 17.8 Å². The first-order valence-electron chi connectivity index (χ1n) is 7.43. The molecule has 0 aromatic carbocycles. The van der Waals surface area contributed by atoms with Gasteiger partial charge in [0.1, 0.15) is 0 Å². The fourth-order valence-electron chi connectivity index (χ4n) is 3.13. The van der Waals surface area contributed by atoms with Gasteiger partial charge >= 0.3 is 0 Å². The average molecular weight is 329 g/mol. The van der Waals surface area contributed by atoms with Crippen molar-refractivity contribution < 1.29 is 17.5 Å². The third-order valence-corrected chi connectivity index (χ3v) is 6.18. The van der Waals surface area contributed by atoms with Gasteiger partial charge in [0.2, 0.25) is 10.0 Å². The van der Waals surface area contributed by atoms with Crippen molar-refractivity contribution in [3.8, 4) is 0 Å². The topological polar surface area (TPSA) is 71.5 Å². The molecule has 3 heterocycles. The zero-order valence-corrected chi connectivity index (χ0v) is 13.3. The number of hydrogen-bond donors (Lipinski definition) is 1. The number of nitrogens with zero attached hydrogens (tertiary/aromatic N) is 2. The van der Waals surface area contributed by atoms with E-state index in [9.17, 15) is 12.8 Å². The lowest BCUT2D eigenvalue weighted by Crippen LogP contribution is -2.37. The number of hydrogen-bond acceptors (Lipinski definition) is 5. The Hall–Kier alpha value is -1.25. The number of aromatic nitrogens is 1. The molecule has 22 heavy (non-hydrogen) atoms. The smallest absolute Gasteiger partial charge is 0.213 e. The third kappa shape index (κ3) is 2.95. The molecule has 1 spiro atoms. The highest BCUT2D eigenvalue weighted by atomic mass is 32.2. The first-order chi connectivity index (χ1) is 10.4. The first-order valence-corrected chi connectivity index (χ1v) is 9.04. The van der Waals surface area contributed by atoms with Gasteiger partial charge in [0.25, 0.3) is 0 Å². The zero-order valence-electron chi connectivity index (χ0n) is 12.5. The van der Waals surface area contributed by atoms with Crippen LogP contribution in [0.5, 0.6) is 0 Å². The van der Waals surface area contributed by atoms with Crippen LogP contribution < -0.4 is 5.32 Å². The summed E-state index contributed by atoms with van der Waals surface area (Å²) < 4.78 is 44.9. The molecule has 122 valence electrons. The number of rotatable bonds is 4. The van der Waals surface area contributed by atoms with Crippen LogP contribution in [0, 0.1) is 5.82 Å². The Morgan fingerprint density at radius 2 is 2.41 bits per heavy atom. The molecule has 6 nitrogen and oxygen atoms in total. The van der Waals surface area contributed by atoms with Gasteiger partial charge in [-0.1, -0.05) is 0 Å². The SMILES string of the molecule is CCS(=O)(=O)N1CC[C@]2(C[C@H](Nc3ncccc3F)CO2)C1. The summed E-state index contributed by atoms with van der Waals surface area (Å²) in [5, 5.41) is 3.05. The summed E-state index contributed by atoms with van der Waals surface area (Å²) in [4.78, 5) is 3.98. The fraction of sp³-hybridized carbons (Fsp3) is 0.643. The number of anilines is 1. The molecule has 2 saturated heterocycles. The van der Waals surface area contributed by atoms with E-state index in [0.29, 0.717) is 32.5 Å². The minimum absolute atomic E-state index is 0.0614. The van der Waals surface area contributed by atoms with Crippen molar-refractivity contribution in [3.63, 3.8) is 0 Å². The maximum absolute atomic E-state index is 13.6. The van der Waals surface area contributed by atoms with Gasteiger partial charge in [-0.3, -0.25) is 0 Å². The van der Waals surface area contributed by atoms with Crippen LogP contribution in [0.15, 0.2) is 18.3 Å². The predicted octanol–water partition coefficient (Wildman–Crippen LogP) is 1.22. The van der Waals surface area contributed by atoms with E-state index in [1.165, 1.54) is 22.6 Å². The van der Waals surface area contributed by atoms with Gasteiger partial charge in [0.05, 0.1) is 24.0 Å². The second kappa shape index (κ2) is 5.75. The molecule has 2 fully saturated rings. The van der Waals surface area contributed by atoms with Crippen molar-refractivity contribution in [2.45, 2.75) is 31.4 Å². The second-order valence-electron chi connectivity index (χ2n) is 5.86. The molecular weight excluding hydrogens is 309 g/mol. The van der Waals surface area contributed by atoms with E-state index in [1.807, 2.05) is 0 Å². The van der Waals surface area contributed by atoms with Crippen LogP contribution >= 0.6 is 0 Å². The molecule has 0 bridgehead atoms. The molecule has 8 heteroatoms. The highest BCUT2D eigenvalue weighted by Gasteiger charge is 2.48. The highest BCUT2D eigenvalue weighted by Crippen LogP contribution is 2.37. The van der Waals surface area contributed by atoms with Crippen LogP contribution in [0.4, 0.5) is 10.2 Å². The maximum Gasteiger partial charge on any atom is 0.213 e. The van der Waals surface area contributed by atoms with Crippen molar-refractivity contribution in [3.05, 3.63) is 24.1 Å². The molecule has 0 saturated carbocycles. The Labute approximate surface area is 129 Å². The second-order valence-corrected chi connectivity index (χ2v) is 8.11. The summed E-state index contributed by atoms with van der Waals surface area (Å²) in [7, 11) is -3.18. The summed E-state index contributed by atoms with van der Waals surface area (Å²) >= 11 is 0. The molecule has 2 atom stereocenters. The zero-order chi connectivity index (χ0) is 15.8. The number of ether oxygens (including phenoxy) is 1. The summed E-state index contributed by atoms with van der Waals surface area (Å²) in [6, 6.07) is 2.83. The summed E-state index contributed by atoms with van der Waals surface area (Å²) in [6.45, 7) is 2.94. The lowest BCUT2D eigenvalue weighted by atomic mass is 9.97. The highest BCUT2D eigenvalue weighted by molar-refractivity contribution is 7.89. The van der Waals surface area contributed by atoms with E-state index >= 15 is 0 Å².